The van der Waals surface area contributed by atoms with Gasteiger partial charge < -0.3 is 16.0 Å². The summed E-state index contributed by atoms with van der Waals surface area (Å²) in [4.78, 5) is 39.6. The van der Waals surface area contributed by atoms with E-state index in [9.17, 15) is 14.4 Å². The Morgan fingerprint density at radius 3 is 2.53 bits per heavy atom. The zero-order chi connectivity index (χ0) is 22.9. The summed E-state index contributed by atoms with van der Waals surface area (Å²) in [6.07, 6.45) is 1.72. The molecule has 170 valence electrons. The molecule has 2 aromatic carbocycles. The van der Waals surface area contributed by atoms with Crippen molar-refractivity contribution in [3.8, 4) is 0 Å². The van der Waals surface area contributed by atoms with Crippen molar-refractivity contribution < 1.29 is 14.4 Å². The van der Waals surface area contributed by atoms with Crippen LogP contribution >= 0.6 is 0 Å². The van der Waals surface area contributed by atoms with E-state index in [-0.39, 0.29) is 30.2 Å². The van der Waals surface area contributed by atoms with Gasteiger partial charge in [-0.3, -0.25) is 19.3 Å². The number of anilines is 1. The third-order valence-corrected chi connectivity index (χ3v) is 5.61. The Kier molecular flexibility index (Phi) is 8.39. The predicted octanol–water partition coefficient (Wildman–Crippen LogP) is 2.71. The van der Waals surface area contributed by atoms with Gasteiger partial charge in [0.25, 0.3) is 5.91 Å². The van der Waals surface area contributed by atoms with Crippen LogP contribution in [-0.2, 0) is 16.1 Å². The molecule has 0 aliphatic carbocycles. The summed E-state index contributed by atoms with van der Waals surface area (Å²) in [7, 11) is 0. The standard InChI is InChI=1S/C25H32N4O3/c1-3-26-24(31)20-7-6-14-29(16-20)17-23(30)28-22-9-5-4-8-21(22)25(32)27-15-19-12-10-18(2)11-13-19/h4-5,8-13,20H,3,6-7,14-17H2,1-2H3,(H,26,31)(H,27,32)(H,28,30). The Balaban J connectivity index is 1.56. The van der Waals surface area contributed by atoms with Crippen LogP contribution in [0.5, 0.6) is 0 Å². The third-order valence-electron chi connectivity index (χ3n) is 5.61. The molecular weight excluding hydrogens is 404 g/mol. The molecule has 0 radical (unpaired) electrons. The van der Waals surface area contributed by atoms with Crippen LogP contribution in [0.25, 0.3) is 0 Å². The highest BCUT2D eigenvalue weighted by Crippen LogP contribution is 2.18. The highest BCUT2D eigenvalue weighted by atomic mass is 16.2. The minimum absolute atomic E-state index is 0.0493. The fourth-order valence-corrected chi connectivity index (χ4v) is 3.90. The number of rotatable bonds is 8. The van der Waals surface area contributed by atoms with Crippen molar-refractivity contribution >= 4 is 23.4 Å². The first-order valence-corrected chi connectivity index (χ1v) is 11.2. The van der Waals surface area contributed by atoms with Crippen molar-refractivity contribution in [2.24, 2.45) is 5.92 Å². The zero-order valence-electron chi connectivity index (χ0n) is 18.8. The summed E-state index contributed by atoms with van der Waals surface area (Å²) >= 11 is 0. The number of piperidine rings is 1. The fourth-order valence-electron chi connectivity index (χ4n) is 3.90. The first-order chi connectivity index (χ1) is 15.5. The molecule has 2 aromatic rings. The number of hydrogen-bond donors (Lipinski definition) is 3. The lowest BCUT2D eigenvalue weighted by Crippen LogP contribution is -2.45. The molecule has 1 unspecified atom stereocenters. The molecule has 7 heteroatoms. The summed E-state index contributed by atoms with van der Waals surface area (Å²) in [5.41, 5.74) is 3.08. The Morgan fingerprint density at radius 2 is 1.78 bits per heavy atom. The SMILES string of the molecule is CCNC(=O)C1CCCN(CC(=O)Nc2ccccc2C(=O)NCc2ccc(C)cc2)C1. The number of hydrogen-bond acceptors (Lipinski definition) is 4. The molecule has 1 heterocycles. The molecule has 7 nitrogen and oxygen atoms in total. The number of aryl methyl sites for hydroxylation is 1. The lowest BCUT2D eigenvalue weighted by Gasteiger charge is -2.31. The highest BCUT2D eigenvalue weighted by Gasteiger charge is 2.26. The summed E-state index contributed by atoms with van der Waals surface area (Å²) < 4.78 is 0. The lowest BCUT2D eigenvalue weighted by atomic mass is 9.97. The van der Waals surface area contributed by atoms with Crippen LogP contribution in [0.3, 0.4) is 0 Å². The average molecular weight is 437 g/mol. The summed E-state index contributed by atoms with van der Waals surface area (Å²) in [5.74, 6) is -0.472. The fraction of sp³-hybridized carbons (Fsp3) is 0.400. The van der Waals surface area contributed by atoms with E-state index in [1.54, 1.807) is 24.3 Å². The molecule has 3 rings (SSSR count). The second kappa shape index (κ2) is 11.4. The molecule has 0 spiro atoms. The van der Waals surface area contributed by atoms with Gasteiger partial charge in [-0.15, -0.1) is 0 Å². The molecule has 0 saturated carbocycles. The van der Waals surface area contributed by atoms with Crippen molar-refractivity contribution in [2.45, 2.75) is 33.2 Å². The van der Waals surface area contributed by atoms with Gasteiger partial charge in [-0.2, -0.15) is 0 Å². The monoisotopic (exact) mass is 436 g/mol. The van der Waals surface area contributed by atoms with E-state index in [0.29, 0.717) is 30.9 Å². The van der Waals surface area contributed by atoms with Gasteiger partial charge >= 0.3 is 0 Å². The van der Waals surface area contributed by atoms with Gasteiger partial charge in [-0.25, -0.2) is 0 Å². The van der Waals surface area contributed by atoms with Gasteiger partial charge in [0.2, 0.25) is 11.8 Å². The van der Waals surface area contributed by atoms with Gasteiger partial charge in [0.05, 0.1) is 23.7 Å². The quantitative estimate of drug-likeness (QED) is 0.594. The summed E-state index contributed by atoms with van der Waals surface area (Å²) in [6.45, 7) is 6.48. The number of likely N-dealkylation sites (tertiary alicyclic amines) is 1. The predicted molar refractivity (Wildman–Crippen MR) is 125 cm³/mol. The van der Waals surface area contributed by atoms with Crippen molar-refractivity contribution in [3.63, 3.8) is 0 Å². The minimum atomic E-state index is -0.240. The van der Waals surface area contributed by atoms with Crippen molar-refractivity contribution in [2.75, 3.05) is 31.5 Å². The summed E-state index contributed by atoms with van der Waals surface area (Å²) in [5, 5.41) is 8.65. The maximum absolute atomic E-state index is 12.7. The molecule has 0 aromatic heterocycles. The molecular formula is C25H32N4O3. The third kappa shape index (κ3) is 6.65. The van der Waals surface area contributed by atoms with Gasteiger partial charge in [0, 0.05) is 19.6 Å². The van der Waals surface area contributed by atoms with Crippen LogP contribution in [-0.4, -0.2) is 48.8 Å². The number of carbonyl (C=O) groups is 3. The molecule has 1 aliphatic rings. The Hall–Kier alpha value is -3.19. The number of nitrogens with zero attached hydrogens (tertiary/aromatic N) is 1. The highest BCUT2D eigenvalue weighted by molar-refractivity contribution is 6.04. The van der Waals surface area contributed by atoms with Crippen molar-refractivity contribution in [3.05, 3.63) is 65.2 Å². The first kappa shape index (κ1) is 23.5. The summed E-state index contributed by atoms with van der Waals surface area (Å²) in [6, 6.07) is 15.0. The van der Waals surface area contributed by atoms with Crippen LogP contribution in [0.1, 0.15) is 41.3 Å². The molecule has 1 fully saturated rings. The van der Waals surface area contributed by atoms with E-state index in [2.05, 4.69) is 16.0 Å². The van der Waals surface area contributed by atoms with E-state index < -0.39 is 0 Å². The van der Waals surface area contributed by atoms with E-state index in [1.807, 2.05) is 43.0 Å². The van der Waals surface area contributed by atoms with Crippen LogP contribution in [0, 0.1) is 12.8 Å². The molecule has 3 N–H and O–H groups in total. The van der Waals surface area contributed by atoms with Gasteiger partial charge in [0.15, 0.2) is 0 Å². The Labute approximate surface area is 189 Å². The topological polar surface area (TPSA) is 90.5 Å². The number of amides is 3. The molecule has 32 heavy (non-hydrogen) atoms. The van der Waals surface area contributed by atoms with E-state index in [1.165, 1.54) is 5.56 Å². The minimum Gasteiger partial charge on any atom is -0.356 e. The molecule has 1 atom stereocenters. The maximum Gasteiger partial charge on any atom is 0.253 e. The second-order valence-corrected chi connectivity index (χ2v) is 8.23. The van der Waals surface area contributed by atoms with Crippen LogP contribution in [0.15, 0.2) is 48.5 Å². The van der Waals surface area contributed by atoms with Crippen molar-refractivity contribution in [1.82, 2.24) is 15.5 Å². The molecule has 0 bridgehead atoms. The Morgan fingerprint density at radius 1 is 1.03 bits per heavy atom. The van der Waals surface area contributed by atoms with Crippen molar-refractivity contribution in [1.29, 1.82) is 0 Å². The normalized spacial score (nSPS) is 16.2. The van der Waals surface area contributed by atoms with Crippen LogP contribution < -0.4 is 16.0 Å². The van der Waals surface area contributed by atoms with E-state index >= 15 is 0 Å². The molecule has 1 aliphatic heterocycles. The average Bonchev–Trinajstić information content (AvgIpc) is 2.79. The smallest absolute Gasteiger partial charge is 0.253 e. The number of carbonyl (C=O) groups excluding carboxylic acids is 3. The van der Waals surface area contributed by atoms with Crippen LogP contribution in [0.4, 0.5) is 5.69 Å². The number of benzene rings is 2. The lowest BCUT2D eigenvalue weighted by molar-refractivity contribution is -0.127. The Bertz CT molecular complexity index is 942. The molecule has 1 saturated heterocycles. The second-order valence-electron chi connectivity index (χ2n) is 8.23. The van der Waals surface area contributed by atoms with E-state index in [4.69, 9.17) is 0 Å². The van der Waals surface area contributed by atoms with Crippen LogP contribution in [0.2, 0.25) is 0 Å². The maximum atomic E-state index is 12.7. The van der Waals surface area contributed by atoms with Gasteiger partial charge in [-0.1, -0.05) is 42.0 Å². The van der Waals surface area contributed by atoms with Gasteiger partial charge in [-0.05, 0) is 50.9 Å². The van der Waals surface area contributed by atoms with E-state index in [0.717, 1.165) is 24.9 Å². The number of para-hydroxylation sites is 1. The zero-order valence-corrected chi connectivity index (χ0v) is 18.8. The number of nitrogens with one attached hydrogen (secondary N) is 3. The molecule has 3 amide bonds. The first-order valence-electron chi connectivity index (χ1n) is 11.2. The largest absolute Gasteiger partial charge is 0.356 e. The van der Waals surface area contributed by atoms with Gasteiger partial charge in [0.1, 0.15) is 0 Å².